The zero-order valence-corrected chi connectivity index (χ0v) is 18.2. The Kier molecular flexibility index (Phi) is 5.25. The molecule has 1 N–H and O–H groups in total. The molecular weight excluding hydrogens is 408 g/mol. The zero-order chi connectivity index (χ0) is 21.3. The van der Waals surface area contributed by atoms with E-state index in [4.69, 9.17) is 9.97 Å². The van der Waals surface area contributed by atoms with Crippen molar-refractivity contribution in [3.63, 3.8) is 0 Å². The molecule has 0 spiro atoms. The fraction of sp³-hybridized carbons (Fsp3) is 0.304. The van der Waals surface area contributed by atoms with Gasteiger partial charge in [0.1, 0.15) is 11.4 Å². The van der Waals surface area contributed by atoms with Gasteiger partial charge in [-0.25, -0.2) is 15.0 Å². The fourth-order valence-corrected chi connectivity index (χ4v) is 4.95. The lowest BCUT2D eigenvalue weighted by molar-refractivity contribution is 0.0129. The van der Waals surface area contributed by atoms with Crippen LogP contribution in [0.5, 0.6) is 0 Å². The highest BCUT2D eigenvalue weighted by molar-refractivity contribution is 7.13. The van der Waals surface area contributed by atoms with Crippen molar-refractivity contribution in [1.82, 2.24) is 24.5 Å². The Labute approximate surface area is 185 Å². The highest BCUT2D eigenvalue weighted by Gasteiger charge is 2.35. The molecule has 7 nitrogen and oxygen atoms in total. The van der Waals surface area contributed by atoms with E-state index in [0.717, 1.165) is 40.5 Å². The Morgan fingerprint density at radius 2 is 2.00 bits per heavy atom. The van der Waals surface area contributed by atoms with Crippen LogP contribution in [-0.4, -0.2) is 42.7 Å². The summed E-state index contributed by atoms with van der Waals surface area (Å²) in [5, 5.41) is 13.4. The minimum atomic E-state index is -0.934. The van der Waals surface area contributed by atoms with Gasteiger partial charge in [-0.15, -0.1) is 11.3 Å². The lowest BCUT2D eigenvalue weighted by Crippen LogP contribution is -2.32. The number of rotatable bonds is 4. The van der Waals surface area contributed by atoms with Crippen LogP contribution in [-0.2, 0) is 12.6 Å². The molecule has 8 heteroatoms. The van der Waals surface area contributed by atoms with E-state index < -0.39 is 5.60 Å². The molecular formula is C23H24N6OS. The van der Waals surface area contributed by atoms with Crippen LogP contribution in [0.25, 0.3) is 21.7 Å². The van der Waals surface area contributed by atoms with Crippen molar-refractivity contribution in [2.45, 2.75) is 24.9 Å². The highest BCUT2D eigenvalue weighted by Crippen LogP contribution is 2.35. The van der Waals surface area contributed by atoms with Gasteiger partial charge in [-0.05, 0) is 36.4 Å². The first-order chi connectivity index (χ1) is 15.1. The van der Waals surface area contributed by atoms with Crippen LogP contribution in [0.3, 0.4) is 0 Å². The Hall–Kier alpha value is -3.10. The molecule has 1 saturated heterocycles. The van der Waals surface area contributed by atoms with Crippen molar-refractivity contribution >= 4 is 17.3 Å². The van der Waals surface area contributed by atoms with Gasteiger partial charge < -0.3 is 14.6 Å². The first kappa shape index (κ1) is 19.8. The number of hydrogen-bond acceptors (Lipinski definition) is 7. The number of aryl methyl sites for hydroxylation is 1. The van der Waals surface area contributed by atoms with E-state index in [1.807, 2.05) is 48.4 Å². The average Bonchev–Trinajstić information content (AvgIpc) is 3.45. The molecule has 0 saturated carbocycles. The molecule has 1 atom stereocenters. The minimum Gasteiger partial charge on any atom is -0.382 e. The molecule has 1 aliphatic rings. The van der Waals surface area contributed by atoms with Crippen LogP contribution in [0.2, 0.25) is 0 Å². The van der Waals surface area contributed by atoms with E-state index in [0.29, 0.717) is 25.3 Å². The summed E-state index contributed by atoms with van der Waals surface area (Å²) in [6.45, 7) is 1.45. The normalized spacial score (nSPS) is 19.4. The molecule has 0 radical (unpaired) electrons. The Morgan fingerprint density at radius 3 is 2.74 bits per heavy atom. The summed E-state index contributed by atoms with van der Waals surface area (Å²) in [6, 6.07) is 8.07. The van der Waals surface area contributed by atoms with Gasteiger partial charge in [-0.2, -0.15) is 0 Å². The van der Waals surface area contributed by atoms with Crippen LogP contribution >= 0.6 is 11.3 Å². The quantitative estimate of drug-likeness (QED) is 0.527. The standard InChI is InChI=1S/C23H24N6OS/c1-28-13-10-25-21(28)23(30)7-4-11-29(12-8-23)22-26-16-18(19-6-3-14-31-19)20(27-22)17-5-2-9-24-15-17/h2-3,5-6,9-10,13-16,30H,4,7-8,11-12H2,1H3/t23-/m0/s1. The maximum Gasteiger partial charge on any atom is 0.225 e. The third-order valence-corrected chi connectivity index (χ3v) is 6.73. The molecule has 4 aromatic heterocycles. The number of aliphatic hydroxyl groups is 1. The van der Waals surface area contributed by atoms with Gasteiger partial charge in [0.15, 0.2) is 0 Å². The van der Waals surface area contributed by atoms with Gasteiger partial charge in [0.2, 0.25) is 5.95 Å². The second-order valence-electron chi connectivity index (χ2n) is 7.89. The van der Waals surface area contributed by atoms with Crippen molar-refractivity contribution in [3.05, 3.63) is 66.5 Å². The summed E-state index contributed by atoms with van der Waals surface area (Å²) in [6.07, 6.45) is 11.2. The lowest BCUT2D eigenvalue weighted by Gasteiger charge is -2.26. The second kappa shape index (κ2) is 8.20. The van der Waals surface area contributed by atoms with E-state index in [1.165, 1.54) is 0 Å². The van der Waals surface area contributed by atoms with Crippen LogP contribution in [0.4, 0.5) is 5.95 Å². The van der Waals surface area contributed by atoms with Gasteiger partial charge in [0.05, 0.1) is 5.69 Å². The lowest BCUT2D eigenvalue weighted by atomic mass is 9.94. The number of imidazole rings is 1. The van der Waals surface area contributed by atoms with Crippen LogP contribution in [0, 0.1) is 0 Å². The van der Waals surface area contributed by atoms with Gasteiger partial charge in [0, 0.05) is 73.5 Å². The third-order valence-electron chi connectivity index (χ3n) is 5.83. The molecule has 158 valence electrons. The SMILES string of the molecule is Cn1ccnc1[C@]1(O)CCCN(c2ncc(-c3cccs3)c(-c3cccnc3)n2)CC1. The summed E-state index contributed by atoms with van der Waals surface area (Å²) >= 11 is 1.67. The number of hydrogen-bond donors (Lipinski definition) is 1. The summed E-state index contributed by atoms with van der Waals surface area (Å²) in [7, 11) is 1.93. The first-order valence-electron chi connectivity index (χ1n) is 10.4. The molecule has 5 rings (SSSR count). The van der Waals surface area contributed by atoms with Crippen LogP contribution in [0.15, 0.2) is 60.6 Å². The molecule has 0 aliphatic carbocycles. The maximum absolute atomic E-state index is 11.3. The van der Waals surface area contributed by atoms with Gasteiger partial charge in [0.25, 0.3) is 0 Å². The summed E-state index contributed by atoms with van der Waals surface area (Å²) in [4.78, 5) is 21.7. The summed E-state index contributed by atoms with van der Waals surface area (Å²) in [5.41, 5.74) is 1.92. The number of thiophene rings is 1. The predicted octanol–water partition coefficient (Wildman–Crippen LogP) is 3.88. The Balaban J connectivity index is 1.48. The smallest absolute Gasteiger partial charge is 0.225 e. The fourth-order valence-electron chi connectivity index (χ4n) is 4.22. The monoisotopic (exact) mass is 432 g/mol. The molecule has 0 amide bonds. The predicted molar refractivity (Wildman–Crippen MR) is 122 cm³/mol. The van der Waals surface area contributed by atoms with Crippen molar-refractivity contribution in [1.29, 1.82) is 0 Å². The van der Waals surface area contributed by atoms with Gasteiger partial charge in [-0.3, -0.25) is 4.98 Å². The number of pyridine rings is 1. The van der Waals surface area contributed by atoms with E-state index >= 15 is 0 Å². The maximum atomic E-state index is 11.3. The van der Waals surface area contributed by atoms with Gasteiger partial charge in [-0.1, -0.05) is 6.07 Å². The summed E-state index contributed by atoms with van der Waals surface area (Å²) < 4.78 is 1.91. The summed E-state index contributed by atoms with van der Waals surface area (Å²) in [5.74, 6) is 1.41. The first-order valence-corrected chi connectivity index (χ1v) is 11.3. The Morgan fingerprint density at radius 1 is 1.06 bits per heavy atom. The number of anilines is 1. The molecule has 5 heterocycles. The third kappa shape index (κ3) is 3.84. The van der Waals surface area contributed by atoms with Crippen LogP contribution < -0.4 is 4.90 Å². The molecule has 31 heavy (non-hydrogen) atoms. The Bertz CT molecular complexity index is 1160. The van der Waals surface area contributed by atoms with E-state index in [9.17, 15) is 5.11 Å². The van der Waals surface area contributed by atoms with E-state index in [1.54, 1.807) is 23.7 Å². The number of nitrogens with zero attached hydrogens (tertiary/aromatic N) is 6. The number of aromatic nitrogens is 5. The molecule has 0 aromatic carbocycles. The molecule has 0 bridgehead atoms. The van der Waals surface area contributed by atoms with Crippen molar-refractivity contribution < 1.29 is 5.11 Å². The van der Waals surface area contributed by atoms with Gasteiger partial charge >= 0.3 is 0 Å². The largest absolute Gasteiger partial charge is 0.382 e. The van der Waals surface area contributed by atoms with E-state index in [2.05, 4.69) is 26.3 Å². The van der Waals surface area contributed by atoms with Crippen molar-refractivity contribution in [2.24, 2.45) is 7.05 Å². The van der Waals surface area contributed by atoms with Crippen LogP contribution in [0.1, 0.15) is 25.1 Å². The van der Waals surface area contributed by atoms with E-state index in [-0.39, 0.29) is 0 Å². The minimum absolute atomic E-state index is 0.579. The zero-order valence-electron chi connectivity index (χ0n) is 17.3. The molecule has 4 aromatic rings. The second-order valence-corrected chi connectivity index (χ2v) is 8.83. The molecule has 1 fully saturated rings. The van der Waals surface area contributed by atoms with Crippen molar-refractivity contribution in [3.8, 4) is 21.7 Å². The molecule has 0 unspecified atom stereocenters. The average molecular weight is 433 g/mol. The van der Waals surface area contributed by atoms with Crippen molar-refractivity contribution in [2.75, 3.05) is 18.0 Å². The topological polar surface area (TPSA) is 80.0 Å². The molecule has 1 aliphatic heterocycles. The highest BCUT2D eigenvalue weighted by atomic mass is 32.1.